The first-order chi connectivity index (χ1) is 10.1. The Kier molecular flexibility index (Phi) is 4.23. The smallest absolute Gasteiger partial charge is 0.302 e. The molecule has 21 heavy (non-hydrogen) atoms. The van der Waals surface area contributed by atoms with Crippen molar-refractivity contribution in [3.63, 3.8) is 0 Å². The van der Waals surface area contributed by atoms with Crippen molar-refractivity contribution in [2.75, 3.05) is 20.2 Å². The number of halogens is 1. The van der Waals surface area contributed by atoms with Gasteiger partial charge in [0.15, 0.2) is 0 Å². The van der Waals surface area contributed by atoms with Gasteiger partial charge in [-0.05, 0) is 31.0 Å². The molecule has 0 saturated carbocycles. The number of fused-ring (bicyclic) bond motifs is 3. The van der Waals surface area contributed by atoms with Gasteiger partial charge in [0.05, 0.1) is 6.61 Å². The highest BCUT2D eigenvalue weighted by Gasteiger charge is 2.44. The summed E-state index contributed by atoms with van der Waals surface area (Å²) < 4.78 is 5.22. The van der Waals surface area contributed by atoms with E-state index in [0.717, 1.165) is 19.4 Å². The van der Waals surface area contributed by atoms with Crippen molar-refractivity contribution in [2.45, 2.75) is 37.1 Å². The van der Waals surface area contributed by atoms with Crippen molar-refractivity contribution in [1.29, 1.82) is 0 Å². The standard InChI is InChI=1S/C17H22ClNO2/c1-11(20)21-10-13-9-19(2)15-8-7-12-5-3-4-6-14(12)16(15)17(13)18/h3-6,13,15-17H,7-10H2,1-2H3/t13-,15+,16+,17+/m0/s1. The van der Waals surface area contributed by atoms with E-state index in [-0.39, 0.29) is 17.3 Å². The van der Waals surface area contributed by atoms with Crippen LogP contribution in [0.4, 0.5) is 0 Å². The number of carbonyl (C=O) groups excluding carboxylic acids is 1. The zero-order chi connectivity index (χ0) is 15.0. The molecule has 3 rings (SSSR count). The molecule has 0 bridgehead atoms. The second kappa shape index (κ2) is 5.98. The Labute approximate surface area is 131 Å². The molecule has 1 saturated heterocycles. The number of carbonyl (C=O) groups is 1. The molecular formula is C17H22ClNO2. The molecule has 1 fully saturated rings. The maximum atomic E-state index is 11.1. The van der Waals surface area contributed by atoms with E-state index < -0.39 is 0 Å². The summed E-state index contributed by atoms with van der Waals surface area (Å²) in [6.07, 6.45) is 2.28. The number of benzene rings is 1. The number of rotatable bonds is 2. The van der Waals surface area contributed by atoms with E-state index in [1.54, 1.807) is 0 Å². The van der Waals surface area contributed by atoms with Gasteiger partial charge in [0.25, 0.3) is 0 Å². The largest absolute Gasteiger partial charge is 0.465 e. The fraction of sp³-hybridized carbons (Fsp3) is 0.588. The van der Waals surface area contributed by atoms with Gasteiger partial charge in [0, 0.05) is 36.7 Å². The molecule has 2 aliphatic rings. The van der Waals surface area contributed by atoms with E-state index in [4.69, 9.17) is 16.3 Å². The molecule has 0 unspecified atom stereocenters. The molecular weight excluding hydrogens is 286 g/mol. The number of piperidine rings is 1. The van der Waals surface area contributed by atoms with Gasteiger partial charge < -0.3 is 9.64 Å². The average molecular weight is 308 g/mol. The van der Waals surface area contributed by atoms with Crippen LogP contribution < -0.4 is 0 Å². The topological polar surface area (TPSA) is 29.5 Å². The number of hydrogen-bond donors (Lipinski definition) is 0. The van der Waals surface area contributed by atoms with E-state index in [9.17, 15) is 4.79 Å². The van der Waals surface area contributed by atoms with Gasteiger partial charge in [-0.1, -0.05) is 24.3 Å². The number of nitrogens with zero attached hydrogens (tertiary/aromatic N) is 1. The van der Waals surface area contributed by atoms with E-state index in [0.29, 0.717) is 18.6 Å². The van der Waals surface area contributed by atoms with Crippen molar-refractivity contribution in [3.8, 4) is 0 Å². The zero-order valence-electron chi connectivity index (χ0n) is 12.6. The number of hydrogen-bond acceptors (Lipinski definition) is 3. The summed E-state index contributed by atoms with van der Waals surface area (Å²) in [6.45, 7) is 2.76. The molecule has 0 radical (unpaired) electrons. The lowest BCUT2D eigenvalue weighted by molar-refractivity contribution is -0.143. The predicted molar refractivity (Wildman–Crippen MR) is 83.7 cm³/mol. The first kappa shape index (κ1) is 14.9. The quantitative estimate of drug-likeness (QED) is 0.621. The van der Waals surface area contributed by atoms with Crippen LogP contribution in [-0.4, -0.2) is 42.5 Å². The fourth-order valence-electron chi connectivity index (χ4n) is 3.92. The summed E-state index contributed by atoms with van der Waals surface area (Å²) >= 11 is 6.81. The highest BCUT2D eigenvalue weighted by Crippen LogP contribution is 2.44. The van der Waals surface area contributed by atoms with Crippen molar-refractivity contribution in [1.82, 2.24) is 4.90 Å². The number of aryl methyl sites for hydroxylation is 1. The van der Waals surface area contributed by atoms with Crippen molar-refractivity contribution < 1.29 is 9.53 Å². The summed E-state index contributed by atoms with van der Waals surface area (Å²) in [5.74, 6) is 0.289. The molecule has 1 aliphatic heterocycles. The molecule has 0 aromatic heterocycles. The third kappa shape index (κ3) is 2.82. The Balaban J connectivity index is 1.86. The van der Waals surface area contributed by atoms with E-state index in [1.807, 2.05) is 0 Å². The number of esters is 1. The lowest BCUT2D eigenvalue weighted by atomic mass is 9.71. The number of alkyl halides is 1. The predicted octanol–water partition coefficient (Wildman–Crippen LogP) is 2.82. The van der Waals surface area contributed by atoms with Crippen LogP contribution in [0.1, 0.15) is 30.4 Å². The van der Waals surface area contributed by atoms with Crippen LogP contribution in [-0.2, 0) is 16.0 Å². The molecule has 4 heteroatoms. The normalized spacial score (nSPS) is 32.1. The van der Waals surface area contributed by atoms with Crippen LogP contribution in [0.5, 0.6) is 0 Å². The van der Waals surface area contributed by atoms with Crippen LogP contribution >= 0.6 is 11.6 Å². The molecule has 1 aliphatic carbocycles. The maximum absolute atomic E-state index is 11.1. The van der Waals surface area contributed by atoms with E-state index in [1.165, 1.54) is 18.1 Å². The summed E-state index contributed by atoms with van der Waals surface area (Å²) in [4.78, 5) is 13.5. The SMILES string of the molecule is CC(=O)OC[C@@H]1CN(C)[C@@H]2CCc3ccccc3[C@H]2[C@@H]1Cl. The molecule has 0 N–H and O–H groups in total. The Bertz CT molecular complexity index is 533. The average Bonchev–Trinajstić information content (AvgIpc) is 2.48. The third-order valence-corrected chi connectivity index (χ3v) is 5.55. The highest BCUT2D eigenvalue weighted by molar-refractivity contribution is 6.21. The second-order valence-corrected chi connectivity index (χ2v) is 6.78. The fourth-order valence-corrected chi connectivity index (χ4v) is 4.38. The van der Waals surface area contributed by atoms with Crippen LogP contribution in [0.3, 0.4) is 0 Å². The van der Waals surface area contributed by atoms with Gasteiger partial charge in [-0.2, -0.15) is 0 Å². The maximum Gasteiger partial charge on any atom is 0.302 e. The molecule has 114 valence electrons. The summed E-state index contributed by atoms with van der Waals surface area (Å²) in [6, 6.07) is 9.12. The molecule has 1 heterocycles. The first-order valence-corrected chi connectivity index (χ1v) is 8.07. The van der Waals surface area contributed by atoms with Crippen molar-refractivity contribution >= 4 is 17.6 Å². The van der Waals surface area contributed by atoms with Gasteiger partial charge in [-0.15, -0.1) is 11.6 Å². The minimum Gasteiger partial charge on any atom is -0.465 e. The van der Waals surface area contributed by atoms with Gasteiger partial charge in [-0.3, -0.25) is 4.79 Å². The number of likely N-dealkylation sites (N-methyl/N-ethyl adjacent to an activating group) is 1. The second-order valence-electron chi connectivity index (χ2n) is 6.28. The highest BCUT2D eigenvalue weighted by atomic mass is 35.5. The molecule has 0 spiro atoms. The monoisotopic (exact) mass is 307 g/mol. The third-order valence-electron chi connectivity index (χ3n) is 4.92. The Morgan fingerprint density at radius 3 is 2.95 bits per heavy atom. The van der Waals surface area contributed by atoms with Crippen molar-refractivity contribution in [2.24, 2.45) is 5.92 Å². The first-order valence-electron chi connectivity index (χ1n) is 7.63. The zero-order valence-corrected chi connectivity index (χ0v) is 13.3. The lowest BCUT2D eigenvalue weighted by Crippen LogP contribution is -2.54. The van der Waals surface area contributed by atoms with Gasteiger partial charge in [0.1, 0.15) is 0 Å². The van der Waals surface area contributed by atoms with E-state index in [2.05, 4.69) is 36.2 Å². The number of ether oxygens (including phenoxy) is 1. The van der Waals surface area contributed by atoms with Gasteiger partial charge in [0.2, 0.25) is 0 Å². The van der Waals surface area contributed by atoms with Crippen LogP contribution in [0.25, 0.3) is 0 Å². The molecule has 0 amide bonds. The summed E-state index contributed by atoms with van der Waals surface area (Å²) in [5, 5.41) is 0.0204. The molecule has 4 atom stereocenters. The summed E-state index contributed by atoms with van der Waals surface area (Å²) in [7, 11) is 2.16. The van der Waals surface area contributed by atoms with Gasteiger partial charge >= 0.3 is 5.97 Å². The lowest BCUT2D eigenvalue weighted by Gasteiger charge is -2.48. The summed E-state index contributed by atoms with van der Waals surface area (Å²) in [5.41, 5.74) is 2.80. The minimum absolute atomic E-state index is 0.0204. The molecule has 3 nitrogen and oxygen atoms in total. The van der Waals surface area contributed by atoms with Crippen LogP contribution in [0, 0.1) is 5.92 Å². The number of likely N-dealkylation sites (tertiary alicyclic amines) is 1. The minimum atomic E-state index is -0.229. The Hall–Kier alpha value is -1.06. The molecule has 1 aromatic rings. The molecule has 1 aromatic carbocycles. The van der Waals surface area contributed by atoms with Crippen molar-refractivity contribution in [3.05, 3.63) is 35.4 Å². The van der Waals surface area contributed by atoms with E-state index >= 15 is 0 Å². The Morgan fingerprint density at radius 1 is 1.43 bits per heavy atom. The Morgan fingerprint density at radius 2 is 2.19 bits per heavy atom. The van der Waals surface area contributed by atoms with Crippen LogP contribution in [0.15, 0.2) is 24.3 Å². The van der Waals surface area contributed by atoms with Crippen LogP contribution in [0.2, 0.25) is 0 Å². The van der Waals surface area contributed by atoms with Gasteiger partial charge in [-0.25, -0.2) is 0 Å².